The van der Waals surface area contributed by atoms with Gasteiger partial charge in [-0.3, -0.25) is 4.79 Å². The molecule has 1 aromatic carbocycles. The van der Waals surface area contributed by atoms with Gasteiger partial charge in [0.2, 0.25) is 5.91 Å². The normalized spacial score (nSPS) is 11.9. The van der Waals surface area contributed by atoms with Crippen molar-refractivity contribution in [2.75, 3.05) is 5.32 Å². The summed E-state index contributed by atoms with van der Waals surface area (Å²) in [5.41, 5.74) is 1.59. The second-order valence-corrected chi connectivity index (χ2v) is 4.13. The Bertz CT molecular complexity index is 440. The summed E-state index contributed by atoms with van der Waals surface area (Å²) >= 11 is 0. The van der Waals surface area contributed by atoms with E-state index in [-0.39, 0.29) is 17.4 Å². The molecule has 0 spiro atoms. The zero-order chi connectivity index (χ0) is 13.0. The van der Waals surface area contributed by atoms with Crippen molar-refractivity contribution >= 4 is 17.6 Å². The van der Waals surface area contributed by atoms with Crippen molar-refractivity contribution in [2.24, 2.45) is 5.92 Å². The summed E-state index contributed by atoms with van der Waals surface area (Å²) in [6, 6.07) is 4.70. The van der Waals surface area contributed by atoms with Crippen LogP contribution in [0.5, 0.6) is 0 Å². The Morgan fingerprint density at radius 2 is 2.06 bits per heavy atom. The lowest BCUT2D eigenvalue weighted by Crippen LogP contribution is -2.20. The third kappa shape index (κ3) is 3.31. The maximum absolute atomic E-state index is 11.7. The number of carboxylic acids is 1. The quantitative estimate of drug-likeness (QED) is 0.843. The van der Waals surface area contributed by atoms with E-state index in [0.717, 1.165) is 12.0 Å². The summed E-state index contributed by atoms with van der Waals surface area (Å²) in [4.78, 5) is 22.5. The van der Waals surface area contributed by atoms with Gasteiger partial charge in [0, 0.05) is 11.6 Å². The highest BCUT2D eigenvalue weighted by Gasteiger charge is 2.13. The predicted molar refractivity (Wildman–Crippen MR) is 66.2 cm³/mol. The van der Waals surface area contributed by atoms with Crippen molar-refractivity contribution in [3.05, 3.63) is 29.3 Å². The molecule has 0 radical (unpaired) electrons. The number of benzene rings is 1. The Morgan fingerprint density at radius 3 is 2.59 bits per heavy atom. The van der Waals surface area contributed by atoms with E-state index in [1.54, 1.807) is 6.07 Å². The fraction of sp³-hybridized carbons (Fsp3) is 0.385. The summed E-state index contributed by atoms with van der Waals surface area (Å²) in [5, 5.41) is 11.6. The number of carbonyl (C=O) groups is 2. The minimum atomic E-state index is -0.996. The molecule has 0 saturated carbocycles. The second-order valence-electron chi connectivity index (χ2n) is 4.13. The van der Waals surface area contributed by atoms with Gasteiger partial charge in [0.15, 0.2) is 0 Å². The Labute approximate surface area is 101 Å². The van der Waals surface area contributed by atoms with Crippen molar-refractivity contribution in [1.82, 2.24) is 0 Å². The number of carbonyl (C=O) groups excluding carboxylic acids is 1. The fourth-order valence-electron chi connectivity index (χ4n) is 1.33. The summed E-state index contributed by atoms with van der Waals surface area (Å²) in [7, 11) is 0. The van der Waals surface area contributed by atoms with Crippen molar-refractivity contribution in [1.29, 1.82) is 0 Å². The van der Waals surface area contributed by atoms with Crippen molar-refractivity contribution in [3.63, 3.8) is 0 Å². The minimum Gasteiger partial charge on any atom is -0.478 e. The van der Waals surface area contributed by atoms with Gasteiger partial charge in [-0.15, -0.1) is 0 Å². The van der Waals surface area contributed by atoms with Gasteiger partial charge in [-0.1, -0.05) is 19.9 Å². The molecule has 0 aliphatic heterocycles. The zero-order valence-electron chi connectivity index (χ0n) is 10.3. The largest absolute Gasteiger partial charge is 0.478 e. The average molecular weight is 235 g/mol. The van der Waals surface area contributed by atoms with Crippen LogP contribution in [0.2, 0.25) is 0 Å². The van der Waals surface area contributed by atoms with Gasteiger partial charge in [0.25, 0.3) is 0 Å². The first-order valence-corrected chi connectivity index (χ1v) is 5.60. The molecule has 1 aromatic rings. The lowest BCUT2D eigenvalue weighted by atomic mass is 10.1. The molecule has 4 heteroatoms. The Balaban J connectivity index is 2.94. The molecule has 1 amide bonds. The number of nitrogens with one attached hydrogen (secondary N) is 1. The highest BCUT2D eigenvalue weighted by Crippen LogP contribution is 2.18. The Morgan fingerprint density at radius 1 is 1.41 bits per heavy atom. The Hall–Kier alpha value is -1.84. The van der Waals surface area contributed by atoms with E-state index in [4.69, 9.17) is 5.11 Å². The minimum absolute atomic E-state index is 0.0807. The second kappa shape index (κ2) is 5.48. The van der Waals surface area contributed by atoms with E-state index >= 15 is 0 Å². The number of hydrogen-bond acceptors (Lipinski definition) is 2. The maximum atomic E-state index is 11.7. The molecule has 0 aliphatic rings. The molecule has 1 rings (SSSR count). The van der Waals surface area contributed by atoms with Crippen LogP contribution in [0.15, 0.2) is 18.2 Å². The van der Waals surface area contributed by atoms with Gasteiger partial charge in [-0.2, -0.15) is 0 Å². The molecule has 0 fully saturated rings. The standard InChI is InChI=1S/C13H17NO3/c1-4-8(2)12(15)14-11-7-10(13(16)17)6-5-9(11)3/h5-8H,4H2,1-3H3,(H,14,15)(H,16,17). The zero-order valence-corrected chi connectivity index (χ0v) is 10.3. The molecule has 1 unspecified atom stereocenters. The van der Waals surface area contributed by atoms with Gasteiger partial charge in [-0.05, 0) is 31.0 Å². The SMILES string of the molecule is CCC(C)C(=O)Nc1cc(C(=O)O)ccc1C. The number of rotatable bonds is 4. The topological polar surface area (TPSA) is 66.4 Å². The van der Waals surface area contributed by atoms with Crippen molar-refractivity contribution < 1.29 is 14.7 Å². The van der Waals surface area contributed by atoms with Gasteiger partial charge in [-0.25, -0.2) is 4.79 Å². The Kier molecular flexibility index (Phi) is 4.26. The molecule has 0 bridgehead atoms. The molecule has 0 aliphatic carbocycles. The molecule has 0 saturated heterocycles. The number of hydrogen-bond donors (Lipinski definition) is 2. The van der Waals surface area contributed by atoms with Gasteiger partial charge >= 0.3 is 5.97 Å². The maximum Gasteiger partial charge on any atom is 0.335 e. The summed E-state index contributed by atoms with van der Waals surface area (Å²) in [6.07, 6.45) is 0.753. The molecule has 2 N–H and O–H groups in total. The van der Waals surface area contributed by atoms with Crippen LogP contribution in [-0.4, -0.2) is 17.0 Å². The molecule has 0 heterocycles. The first kappa shape index (κ1) is 13.2. The van der Waals surface area contributed by atoms with Gasteiger partial charge < -0.3 is 10.4 Å². The number of carboxylic acid groups (broad SMARTS) is 1. The highest BCUT2D eigenvalue weighted by atomic mass is 16.4. The van der Waals surface area contributed by atoms with Gasteiger partial charge in [0.1, 0.15) is 0 Å². The summed E-state index contributed by atoms with van der Waals surface area (Å²) in [5.74, 6) is -1.16. The number of anilines is 1. The molecule has 0 aromatic heterocycles. The van der Waals surface area contributed by atoms with Gasteiger partial charge in [0.05, 0.1) is 5.56 Å². The molecule has 92 valence electrons. The molecule has 1 atom stereocenters. The average Bonchev–Trinajstić information content (AvgIpc) is 2.30. The van der Waals surface area contributed by atoms with Crippen LogP contribution in [0.1, 0.15) is 36.2 Å². The monoisotopic (exact) mass is 235 g/mol. The summed E-state index contributed by atoms with van der Waals surface area (Å²) < 4.78 is 0. The van der Waals surface area contributed by atoms with Crippen LogP contribution in [0.4, 0.5) is 5.69 Å². The van der Waals surface area contributed by atoms with Crippen LogP contribution >= 0.6 is 0 Å². The number of aromatic carboxylic acids is 1. The van der Waals surface area contributed by atoms with E-state index in [0.29, 0.717) is 5.69 Å². The highest BCUT2D eigenvalue weighted by molar-refractivity contribution is 5.95. The van der Waals surface area contributed by atoms with Crippen LogP contribution in [0, 0.1) is 12.8 Å². The first-order valence-electron chi connectivity index (χ1n) is 5.60. The molecular formula is C13H17NO3. The lowest BCUT2D eigenvalue weighted by Gasteiger charge is -2.12. The molecule has 17 heavy (non-hydrogen) atoms. The lowest BCUT2D eigenvalue weighted by molar-refractivity contribution is -0.119. The third-order valence-electron chi connectivity index (χ3n) is 2.80. The summed E-state index contributed by atoms with van der Waals surface area (Å²) in [6.45, 7) is 5.61. The number of amides is 1. The first-order chi connectivity index (χ1) is 7.95. The third-order valence-corrected chi connectivity index (χ3v) is 2.80. The fourth-order valence-corrected chi connectivity index (χ4v) is 1.33. The van der Waals surface area contributed by atoms with E-state index < -0.39 is 5.97 Å². The molecule has 4 nitrogen and oxygen atoms in total. The smallest absolute Gasteiger partial charge is 0.335 e. The van der Waals surface area contributed by atoms with E-state index in [9.17, 15) is 9.59 Å². The number of aryl methyl sites for hydroxylation is 1. The van der Waals surface area contributed by atoms with E-state index in [1.807, 2.05) is 20.8 Å². The predicted octanol–water partition coefficient (Wildman–Crippen LogP) is 2.68. The van der Waals surface area contributed by atoms with Crippen molar-refractivity contribution in [2.45, 2.75) is 27.2 Å². The van der Waals surface area contributed by atoms with E-state index in [1.165, 1.54) is 12.1 Å². The van der Waals surface area contributed by atoms with Crippen molar-refractivity contribution in [3.8, 4) is 0 Å². The van der Waals surface area contributed by atoms with Crippen LogP contribution < -0.4 is 5.32 Å². The van der Waals surface area contributed by atoms with Crippen LogP contribution in [0.3, 0.4) is 0 Å². The molecular weight excluding hydrogens is 218 g/mol. The van der Waals surface area contributed by atoms with Crippen LogP contribution in [0.25, 0.3) is 0 Å². The van der Waals surface area contributed by atoms with E-state index in [2.05, 4.69) is 5.32 Å². The van der Waals surface area contributed by atoms with Crippen LogP contribution in [-0.2, 0) is 4.79 Å².